The van der Waals surface area contributed by atoms with Crippen molar-refractivity contribution in [3.05, 3.63) is 70.5 Å². The van der Waals surface area contributed by atoms with Crippen molar-refractivity contribution in [3.63, 3.8) is 0 Å². The Morgan fingerprint density at radius 3 is 2.74 bits per heavy atom. The molecule has 3 rings (SSSR count). The lowest BCUT2D eigenvalue weighted by Crippen LogP contribution is -2.22. The molecule has 2 heterocycles. The van der Waals surface area contributed by atoms with Crippen LogP contribution in [-0.2, 0) is 4.79 Å². The van der Waals surface area contributed by atoms with Gasteiger partial charge in [0.25, 0.3) is 5.91 Å². The summed E-state index contributed by atoms with van der Waals surface area (Å²) in [4.78, 5) is 33.7. The second-order valence-electron chi connectivity index (χ2n) is 5.32. The number of carbonyl (C=O) groups is 2. The number of thiazole rings is 1. The summed E-state index contributed by atoms with van der Waals surface area (Å²) in [5, 5.41) is 6.63. The third-order valence-corrected chi connectivity index (χ3v) is 4.47. The summed E-state index contributed by atoms with van der Waals surface area (Å²) >= 11 is 7.30. The molecule has 0 saturated heterocycles. The summed E-state index contributed by atoms with van der Waals surface area (Å²) in [6.45, 7) is 1.45. The van der Waals surface area contributed by atoms with Gasteiger partial charge < -0.3 is 0 Å². The Kier molecular flexibility index (Phi) is 5.90. The van der Waals surface area contributed by atoms with Gasteiger partial charge in [-0.15, -0.1) is 11.3 Å². The first-order chi connectivity index (χ1) is 13.0. The van der Waals surface area contributed by atoms with Gasteiger partial charge in [0, 0.05) is 35.3 Å². The third kappa shape index (κ3) is 4.75. The van der Waals surface area contributed by atoms with E-state index in [1.165, 1.54) is 41.8 Å². The molecule has 9 heteroatoms. The van der Waals surface area contributed by atoms with E-state index in [1.54, 1.807) is 41.8 Å². The zero-order valence-corrected chi connectivity index (χ0v) is 15.7. The molecule has 0 atom stereocenters. The second kappa shape index (κ2) is 8.52. The summed E-state index contributed by atoms with van der Waals surface area (Å²) in [5.74, 6) is -0.547. The van der Waals surface area contributed by atoms with E-state index in [2.05, 4.69) is 20.5 Å². The molecular formula is C18H14ClN5O2S. The van der Waals surface area contributed by atoms with Crippen molar-refractivity contribution in [2.75, 3.05) is 4.90 Å². The van der Waals surface area contributed by atoms with Crippen molar-refractivity contribution in [3.8, 4) is 0 Å². The summed E-state index contributed by atoms with van der Waals surface area (Å²) in [7, 11) is 0. The van der Waals surface area contributed by atoms with E-state index in [9.17, 15) is 9.59 Å². The number of nitrogens with zero attached hydrogens (tertiary/aromatic N) is 4. The van der Waals surface area contributed by atoms with Gasteiger partial charge in [-0.1, -0.05) is 17.7 Å². The van der Waals surface area contributed by atoms with E-state index >= 15 is 0 Å². The molecule has 7 nitrogen and oxygen atoms in total. The van der Waals surface area contributed by atoms with Crippen LogP contribution in [0.1, 0.15) is 23.0 Å². The monoisotopic (exact) mass is 399 g/mol. The Morgan fingerprint density at radius 2 is 2.04 bits per heavy atom. The fourth-order valence-corrected chi connectivity index (χ4v) is 3.23. The van der Waals surface area contributed by atoms with Crippen LogP contribution in [0.25, 0.3) is 0 Å². The Balaban J connectivity index is 1.73. The second-order valence-corrected chi connectivity index (χ2v) is 6.60. The van der Waals surface area contributed by atoms with Gasteiger partial charge in [-0.25, -0.2) is 10.4 Å². The Morgan fingerprint density at radius 1 is 1.26 bits per heavy atom. The molecule has 3 aromatic rings. The lowest BCUT2D eigenvalue weighted by atomic mass is 10.3. The average molecular weight is 400 g/mol. The van der Waals surface area contributed by atoms with Gasteiger partial charge in [0.2, 0.25) is 5.91 Å². The molecule has 27 heavy (non-hydrogen) atoms. The Bertz CT molecular complexity index is 990. The van der Waals surface area contributed by atoms with Gasteiger partial charge in [0.15, 0.2) is 5.13 Å². The maximum absolute atomic E-state index is 12.1. The van der Waals surface area contributed by atoms with Crippen molar-refractivity contribution in [1.82, 2.24) is 15.4 Å². The van der Waals surface area contributed by atoms with Gasteiger partial charge in [0.05, 0.1) is 17.6 Å². The molecule has 1 aromatic carbocycles. The molecule has 0 aliphatic carbocycles. The van der Waals surface area contributed by atoms with Crippen LogP contribution in [0.15, 0.2) is 59.3 Å². The molecule has 0 aliphatic rings. The zero-order valence-electron chi connectivity index (χ0n) is 14.2. The number of carbonyl (C=O) groups excluding carboxylic acids is 2. The quantitative estimate of drug-likeness (QED) is 0.524. The molecular weight excluding hydrogens is 386 g/mol. The van der Waals surface area contributed by atoms with E-state index in [0.29, 0.717) is 27.1 Å². The minimum Gasteiger partial charge on any atom is -0.274 e. The number of halogens is 1. The number of anilines is 2. The number of hydrazone groups is 1. The van der Waals surface area contributed by atoms with Crippen molar-refractivity contribution < 1.29 is 9.59 Å². The minimum atomic E-state index is -0.353. The highest BCUT2D eigenvalue weighted by Crippen LogP contribution is 2.30. The van der Waals surface area contributed by atoms with Crippen LogP contribution in [0, 0.1) is 0 Å². The van der Waals surface area contributed by atoms with E-state index in [-0.39, 0.29) is 11.8 Å². The van der Waals surface area contributed by atoms with Crippen molar-refractivity contribution >= 4 is 51.8 Å². The summed E-state index contributed by atoms with van der Waals surface area (Å²) in [5.41, 5.74) is 4.00. The van der Waals surface area contributed by atoms with E-state index in [1.807, 2.05) is 0 Å². The van der Waals surface area contributed by atoms with Crippen LogP contribution in [0.5, 0.6) is 0 Å². The molecule has 1 N–H and O–H groups in total. The topological polar surface area (TPSA) is 87.5 Å². The largest absolute Gasteiger partial charge is 0.274 e. The predicted molar refractivity (Wildman–Crippen MR) is 106 cm³/mol. The Labute approximate surface area is 164 Å². The van der Waals surface area contributed by atoms with Gasteiger partial charge >= 0.3 is 0 Å². The molecule has 0 unspecified atom stereocenters. The first-order valence-electron chi connectivity index (χ1n) is 7.80. The number of nitrogens with one attached hydrogen (secondary N) is 1. The van der Waals surface area contributed by atoms with E-state index in [0.717, 1.165) is 0 Å². The summed E-state index contributed by atoms with van der Waals surface area (Å²) in [6.07, 6.45) is 4.46. The molecule has 136 valence electrons. The fourth-order valence-electron chi connectivity index (χ4n) is 2.21. The maximum Gasteiger partial charge on any atom is 0.271 e. The number of hydrogen-bond donors (Lipinski definition) is 1. The lowest BCUT2D eigenvalue weighted by Gasteiger charge is -2.18. The lowest BCUT2D eigenvalue weighted by molar-refractivity contribution is -0.115. The van der Waals surface area contributed by atoms with Crippen LogP contribution in [0.3, 0.4) is 0 Å². The number of amides is 2. The molecule has 2 amide bonds. The molecule has 0 bridgehead atoms. The number of hydrogen-bond acceptors (Lipinski definition) is 6. The summed E-state index contributed by atoms with van der Waals surface area (Å²) < 4.78 is 0. The van der Waals surface area contributed by atoms with Crippen LogP contribution >= 0.6 is 22.9 Å². The first kappa shape index (κ1) is 18.7. The predicted octanol–water partition coefficient (Wildman–Crippen LogP) is 3.64. The van der Waals surface area contributed by atoms with Gasteiger partial charge in [-0.3, -0.25) is 19.5 Å². The van der Waals surface area contributed by atoms with Gasteiger partial charge in [-0.05, 0) is 30.3 Å². The standard InChI is InChI=1S/C18H14ClN5O2S/c1-12(25)24(16-4-2-3-14(19)9-16)18-22-15(11-27-18)10-21-23-17(26)13-5-7-20-8-6-13/h2-11H,1H3,(H,23,26)/b21-10-. The molecule has 0 radical (unpaired) electrons. The minimum absolute atomic E-state index is 0.193. The smallest absolute Gasteiger partial charge is 0.271 e. The van der Waals surface area contributed by atoms with Gasteiger partial charge in [-0.2, -0.15) is 5.10 Å². The van der Waals surface area contributed by atoms with Crippen LogP contribution < -0.4 is 10.3 Å². The van der Waals surface area contributed by atoms with Crippen molar-refractivity contribution in [2.45, 2.75) is 6.92 Å². The number of benzene rings is 1. The van der Waals surface area contributed by atoms with Crippen molar-refractivity contribution in [2.24, 2.45) is 5.10 Å². The zero-order chi connectivity index (χ0) is 19.2. The molecule has 2 aromatic heterocycles. The average Bonchev–Trinajstić information content (AvgIpc) is 3.10. The van der Waals surface area contributed by atoms with E-state index in [4.69, 9.17) is 11.6 Å². The summed E-state index contributed by atoms with van der Waals surface area (Å²) in [6, 6.07) is 10.1. The normalized spacial score (nSPS) is 10.7. The number of aromatic nitrogens is 2. The molecule has 0 spiro atoms. The van der Waals surface area contributed by atoms with Crippen LogP contribution in [0.4, 0.5) is 10.8 Å². The van der Waals surface area contributed by atoms with Crippen molar-refractivity contribution in [1.29, 1.82) is 0 Å². The first-order valence-corrected chi connectivity index (χ1v) is 9.05. The van der Waals surface area contributed by atoms with Crippen LogP contribution in [-0.4, -0.2) is 28.0 Å². The highest BCUT2D eigenvalue weighted by Gasteiger charge is 2.17. The highest BCUT2D eigenvalue weighted by atomic mass is 35.5. The molecule has 0 fully saturated rings. The molecule has 0 aliphatic heterocycles. The number of rotatable bonds is 5. The maximum atomic E-state index is 12.1. The van der Waals surface area contributed by atoms with Gasteiger partial charge in [0.1, 0.15) is 0 Å². The fraction of sp³-hybridized carbons (Fsp3) is 0.0556. The highest BCUT2D eigenvalue weighted by molar-refractivity contribution is 7.14. The third-order valence-electron chi connectivity index (χ3n) is 3.39. The van der Waals surface area contributed by atoms with E-state index < -0.39 is 0 Å². The SMILES string of the molecule is CC(=O)N(c1cccc(Cl)c1)c1nc(/C=N\NC(=O)c2ccncc2)cs1. The number of pyridine rings is 1. The molecule has 0 saturated carbocycles. The van der Waals surface area contributed by atoms with Crippen LogP contribution in [0.2, 0.25) is 5.02 Å². The Hall–Kier alpha value is -3.10.